The van der Waals surface area contributed by atoms with E-state index in [0.717, 1.165) is 12.8 Å². The molecule has 126 valence electrons. The molecule has 1 aromatic heterocycles. The number of hydrogen-bond donors (Lipinski definition) is 1. The second-order valence-corrected chi connectivity index (χ2v) is 5.52. The van der Waals surface area contributed by atoms with Crippen molar-refractivity contribution in [3.63, 3.8) is 0 Å². The Morgan fingerprint density at radius 3 is 3.12 bits per heavy atom. The van der Waals surface area contributed by atoms with E-state index in [0.29, 0.717) is 22.8 Å². The van der Waals surface area contributed by atoms with Crippen molar-refractivity contribution in [1.29, 1.82) is 0 Å². The smallest absolute Gasteiger partial charge is 0.311 e. The second kappa shape index (κ2) is 6.89. The van der Waals surface area contributed by atoms with Gasteiger partial charge in [-0.25, -0.2) is 0 Å². The van der Waals surface area contributed by atoms with Gasteiger partial charge in [0.1, 0.15) is 6.10 Å². The van der Waals surface area contributed by atoms with Crippen molar-refractivity contribution in [1.82, 2.24) is 14.9 Å². The van der Waals surface area contributed by atoms with E-state index in [1.165, 1.54) is 30.1 Å². The van der Waals surface area contributed by atoms with Crippen molar-refractivity contribution in [3.05, 3.63) is 44.5 Å². The molecule has 1 N–H and O–H groups in total. The molecule has 10 heteroatoms. The van der Waals surface area contributed by atoms with Crippen molar-refractivity contribution in [2.45, 2.75) is 18.9 Å². The number of nitro benzene ring substituents is 1. The van der Waals surface area contributed by atoms with Gasteiger partial charge >= 0.3 is 5.69 Å². The first-order valence-electron chi connectivity index (χ1n) is 7.26. The summed E-state index contributed by atoms with van der Waals surface area (Å²) in [4.78, 5) is 10.6. The zero-order chi connectivity index (χ0) is 17.1. The minimum atomic E-state index is -0.503. The molecule has 0 aliphatic carbocycles. The first kappa shape index (κ1) is 16.3. The zero-order valence-corrected chi connectivity index (χ0v) is 13.7. The largest absolute Gasteiger partial charge is 0.490 e. The third-order valence-electron chi connectivity index (χ3n) is 3.62. The summed E-state index contributed by atoms with van der Waals surface area (Å²) in [5.41, 5.74) is 0.417. The van der Waals surface area contributed by atoms with Crippen LogP contribution in [0.15, 0.2) is 23.3 Å². The highest BCUT2D eigenvalue weighted by Crippen LogP contribution is 2.28. The Hall–Kier alpha value is -2.59. The van der Waals surface area contributed by atoms with E-state index in [1.807, 2.05) is 0 Å². The standard InChI is InChI=1S/C14H15N5O4S/c1-22-11-5-4-9(7-10(11)19(20)21)8-15-18-13(16-17-14(18)24)12-3-2-6-23-12/h4-5,7-8,12H,2-3,6H2,1H3,(H,17,24)/b15-8-. The van der Waals surface area contributed by atoms with Crippen molar-refractivity contribution in [2.24, 2.45) is 5.10 Å². The van der Waals surface area contributed by atoms with Gasteiger partial charge in [-0.05, 0) is 37.2 Å². The fourth-order valence-corrected chi connectivity index (χ4v) is 2.65. The Balaban J connectivity index is 1.91. The maximum Gasteiger partial charge on any atom is 0.311 e. The van der Waals surface area contributed by atoms with Gasteiger partial charge < -0.3 is 9.47 Å². The molecule has 1 aliphatic heterocycles. The first-order valence-corrected chi connectivity index (χ1v) is 7.66. The molecule has 0 saturated carbocycles. The zero-order valence-electron chi connectivity index (χ0n) is 12.8. The molecule has 1 aromatic carbocycles. The lowest BCUT2D eigenvalue weighted by Crippen LogP contribution is -2.05. The molecule has 1 atom stereocenters. The Morgan fingerprint density at radius 2 is 2.46 bits per heavy atom. The SMILES string of the molecule is COc1ccc(/C=N\n2c(C3CCCO3)n[nH]c2=S)cc1[N+](=O)[O-]. The lowest BCUT2D eigenvalue weighted by Gasteiger charge is -2.07. The van der Waals surface area contributed by atoms with Crippen LogP contribution in [0.25, 0.3) is 0 Å². The fourth-order valence-electron chi connectivity index (χ4n) is 2.46. The van der Waals surface area contributed by atoms with Crippen molar-refractivity contribution < 1.29 is 14.4 Å². The number of methoxy groups -OCH3 is 1. The van der Waals surface area contributed by atoms with E-state index in [1.54, 1.807) is 6.07 Å². The summed E-state index contributed by atoms with van der Waals surface area (Å²) in [7, 11) is 1.38. The molecule has 0 spiro atoms. The number of nitrogens with one attached hydrogen (secondary N) is 1. The normalized spacial score (nSPS) is 17.5. The number of nitro groups is 1. The highest BCUT2D eigenvalue weighted by Gasteiger charge is 2.23. The minimum Gasteiger partial charge on any atom is -0.490 e. The highest BCUT2D eigenvalue weighted by molar-refractivity contribution is 7.71. The molecule has 1 fully saturated rings. The van der Waals surface area contributed by atoms with Gasteiger partial charge in [-0.15, -0.1) is 0 Å². The van der Waals surface area contributed by atoms with E-state index >= 15 is 0 Å². The fraction of sp³-hybridized carbons (Fsp3) is 0.357. The average molecular weight is 349 g/mol. The van der Waals surface area contributed by atoms with E-state index in [-0.39, 0.29) is 17.5 Å². The molecular weight excluding hydrogens is 334 g/mol. The van der Waals surface area contributed by atoms with Crippen LogP contribution in [0.5, 0.6) is 5.75 Å². The monoisotopic (exact) mass is 349 g/mol. The Kier molecular flexibility index (Phi) is 4.67. The molecule has 2 aromatic rings. The van der Waals surface area contributed by atoms with E-state index in [2.05, 4.69) is 15.3 Å². The first-order chi connectivity index (χ1) is 11.6. The lowest BCUT2D eigenvalue weighted by atomic mass is 10.2. The molecule has 1 saturated heterocycles. The van der Waals surface area contributed by atoms with Gasteiger partial charge in [-0.3, -0.25) is 15.2 Å². The molecule has 3 rings (SSSR count). The number of hydrogen-bond acceptors (Lipinski definition) is 7. The van der Waals surface area contributed by atoms with Gasteiger partial charge in [-0.1, -0.05) is 0 Å². The lowest BCUT2D eigenvalue weighted by molar-refractivity contribution is -0.385. The van der Waals surface area contributed by atoms with E-state index in [9.17, 15) is 10.1 Å². The Labute approximate surface area is 142 Å². The topological polar surface area (TPSA) is 108 Å². The Bertz CT molecular complexity index is 838. The summed E-state index contributed by atoms with van der Waals surface area (Å²) in [5, 5.41) is 22.2. The van der Waals surface area contributed by atoms with Crippen LogP contribution in [-0.2, 0) is 4.74 Å². The van der Waals surface area contributed by atoms with Crippen LogP contribution in [0.3, 0.4) is 0 Å². The molecule has 9 nitrogen and oxygen atoms in total. The van der Waals surface area contributed by atoms with Crippen LogP contribution in [0, 0.1) is 14.9 Å². The number of aromatic nitrogens is 3. The third kappa shape index (κ3) is 3.19. The summed E-state index contributed by atoms with van der Waals surface area (Å²) in [6.07, 6.45) is 3.14. The quantitative estimate of drug-likeness (QED) is 0.385. The average Bonchev–Trinajstić information content (AvgIpc) is 3.22. The molecule has 0 radical (unpaired) electrons. The van der Waals surface area contributed by atoms with E-state index in [4.69, 9.17) is 21.7 Å². The summed E-state index contributed by atoms with van der Waals surface area (Å²) >= 11 is 5.18. The van der Waals surface area contributed by atoms with Gasteiger partial charge in [0, 0.05) is 18.2 Å². The van der Waals surface area contributed by atoms with Crippen LogP contribution in [0.2, 0.25) is 0 Å². The molecule has 2 heterocycles. The number of rotatable bonds is 5. The van der Waals surface area contributed by atoms with Gasteiger partial charge in [0.25, 0.3) is 0 Å². The van der Waals surface area contributed by atoms with Crippen LogP contribution in [-0.4, -0.2) is 39.7 Å². The highest BCUT2D eigenvalue weighted by atomic mass is 32.1. The second-order valence-electron chi connectivity index (χ2n) is 5.13. The van der Waals surface area contributed by atoms with Crippen LogP contribution >= 0.6 is 12.2 Å². The molecule has 0 bridgehead atoms. The number of ether oxygens (including phenoxy) is 2. The predicted octanol–water partition coefficient (Wildman–Crippen LogP) is 2.59. The Morgan fingerprint density at radius 1 is 1.62 bits per heavy atom. The molecule has 1 aliphatic rings. The van der Waals surface area contributed by atoms with Crippen molar-refractivity contribution in [3.8, 4) is 5.75 Å². The predicted molar refractivity (Wildman–Crippen MR) is 88.0 cm³/mol. The van der Waals surface area contributed by atoms with Gasteiger partial charge in [-0.2, -0.15) is 14.9 Å². The maximum atomic E-state index is 11.1. The number of aromatic amines is 1. The number of benzene rings is 1. The summed E-state index contributed by atoms with van der Waals surface area (Å²) in [5.74, 6) is 0.786. The minimum absolute atomic E-state index is 0.128. The van der Waals surface area contributed by atoms with Crippen LogP contribution < -0.4 is 4.74 Å². The number of nitrogens with zero attached hydrogens (tertiary/aromatic N) is 4. The number of H-pyrrole nitrogens is 1. The van der Waals surface area contributed by atoms with Gasteiger partial charge in [0.2, 0.25) is 4.77 Å². The van der Waals surface area contributed by atoms with E-state index < -0.39 is 4.92 Å². The third-order valence-corrected chi connectivity index (χ3v) is 3.88. The summed E-state index contributed by atoms with van der Waals surface area (Å²) in [6, 6.07) is 4.58. The summed E-state index contributed by atoms with van der Waals surface area (Å²) < 4.78 is 12.4. The molecular formula is C14H15N5O4S. The molecule has 1 unspecified atom stereocenters. The van der Waals surface area contributed by atoms with Crippen molar-refractivity contribution in [2.75, 3.05) is 13.7 Å². The summed E-state index contributed by atoms with van der Waals surface area (Å²) in [6.45, 7) is 0.679. The molecule has 24 heavy (non-hydrogen) atoms. The van der Waals surface area contributed by atoms with Gasteiger partial charge in [0.05, 0.1) is 18.2 Å². The van der Waals surface area contributed by atoms with Crippen molar-refractivity contribution >= 4 is 24.1 Å². The van der Waals surface area contributed by atoms with Gasteiger partial charge in [0.15, 0.2) is 11.6 Å². The molecule has 0 amide bonds. The van der Waals surface area contributed by atoms with Crippen LogP contribution in [0.1, 0.15) is 30.3 Å². The maximum absolute atomic E-state index is 11.1. The van der Waals surface area contributed by atoms with Crippen LogP contribution in [0.4, 0.5) is 5.69 Å².